The molecule has 0 aliphatic carbocycles. The number of hydrogen-bond donors (Lipinski definition) is 1. The molecule has 1 N–H and O–H groups in total. The van der Waals surface area contributed by atoms with Gasteiger partial charge in [0.1, 0.15) is 0 Å². The predicted octanol–water partition coefficient (Wildman–Crippen LogP) is 3.14. The quantitative estimate of drug-likeness (QED) is 0.672. The molecule has 1 heterocycles. The van der Waals surface area contributed by atoms with Crippen molar-refractivity contribution in [2.24, 2.45) is 5.92 Å². The molecule has 2 nitrogen and oxygen atoms in total. The van der Waals surface area contributed by atoms with Crippen molar-refractivity contribution in [2.75, 3.05) is 13.2 Å². The van der Waals surface area contributed by atoms with Crippen LogP contribution in [0.2, 0.25) is 0 Å². The molecular weight excluding hydrogens is 198 g/mol. The van der Waals surface area contributed by atoms with Crippen LogP contribution in [-0.2, 0) is 4.74 Å². The molecule has 0 aromatic heterocycles. The first kappa shape index (κ1) is 13.7. The van der Waals surface area contributed by atoms with Crippen molar-refractivity contribution in [3.63, 3.8) is 0 Å². The van der Waals surface area contributed by atoms with Crippen LogP contribution in [0.25, 0.3) is 0 Å². The minimum Gasteiger partial charge on any atom is -0.378 e. The van der Waals surface area contributed by atoms with E-state index in [0.29, 0.717) is 18.1 Å². The smallest absolute Gasteiger partial charge is 0.0616 e. The van der Waals surface area contributed by atoms with E-state index in [-0.39, 0.29) is 0 Å². The molecule has 0 bridgehead atoms. The fourth-order valence-electron chi connectivity index (χ4n) is 2.68. The lowest BCUT2D eigenvalue weighted by Crippen LogP contribution is -2.39. The van der Waals surface area contributed by atoms with Gasteiger partial charge in [-0.1, -0.05) is 19.4 Å². The van der Waals surface area contributed by atoms with Crippen molar-refractivity contribution in [2.45, 2.75) is 58.6 Å². The Morgan fingerprint density at radius 2 is 2.25 bits per heavy atom. The summed E-state index contributed by atoms with van der Waals surface area (Å²) in [5, 5.41) is 3.62. The van der Waals surface area contributed by atoms with Crippen molar-refractivity contribution in [3.8, 4) is 0 Å². The zero-order valence-electron chi connectivity index (χ0n) is 11.1. The summed E-state index contributed by atoms with van der Waals surface area (Å²) in [4.78, 5) is 0. The zero-order valence-corrected chi connectivity index (χ0v) is 11.1. The van der Waals surface area contributed by atoms with E-state index < -0.39 is 0 Å². The summed E-state index contributed by atoms with van der Waals surface area (Å²) in [5.41, 5.74) is 1.29. The molecule has 2 heteroatoms. The Hall–Kier alpha value is -0.340. The normalized spacial score (nSPS) is 26.9. The average molecular weight is 225 g/mol. The Kier molecular flexibility index (Phi) is 6.07. The summed E-state index contributed by atoms with van der Waals surface area (Å²) in [7, 11) is 0. The van der Waals surface area contributed by atoms with Crippen LogP contribution in [0.1, 0.15) is 46.5 Å². The molecule has 1 aliphatic heterocycles. The molecule has 0 saturated carbocycles. The molecule has 0 spiro atoms. The lowest BCUT2D eigenvalue weighted by Gasteiger charge is -2.28. The van der Waals surface area contributed by atoms with Crippen molar-refractivity contribution in [1.29, 1.82) is 0 Å². The van der Waals surface area contributed by atoms with Crippen LogP contribution < -0.4 is 5.32 Å². The molecule has 3 unspecified atom stereocenters. The first-order valence-corrected chi connectivity index (χ1v) is 6.68. The number of allylic oxidation sites excluding steroid dienone is 1. The Morgan fingerprint density at radius 1 is 1.50 bits per heavy atom. The maximum absolute atomic E-state index is 5.79. The molecule has 1 saturated heterocycles. The third kappa shape index (κ3) is 3.91. The van der Waals surface area contributed by atoms with E-state index in [1.165, 1.54) is 18.4 Å². The predicted molar refractivity (Wildman–Crippen MR) is 69.7 cm³/mol. The molecule has 94 valence electrons. The molecule has 0 aromatic carbocycles. The van der Waals surface area contributed by atoms with Gasteiger partial charge in [-0.25, -0.2) is 0 Å². The van der Waals surface area contributed by atoms with Crippen LogP contribution in [0, 0.1) is 5.92 Å². The average Bonchev–Trinajstić information content (AvgIpc) is 2.71. The van der Waals surface area contributed by atoms with Gasteiger partial charge in [0.25, 0.3) is 0 Å². The summed E-state index contributed by atoms with van der Waals surface area (Å²) in [6.07, 6.45) is 5.15. The Morgan fingerprint density at radius 3 is 2.81 bits per heavy atom. The molecule has 0 aromatic rings. The van der Waals surface area contributed by atoms with E-state index in [9.17, 15) is 0 Å². The summed E-state index contributed by atoms with van der Waals surface area (Å²) < 4.78 is 5.79. The molecule has 0 radical (unpaired) electrons. The van der Waals surface area contributed by atoms with E-state index in [4.69, 9.17) is 4.74 Å². The second kappa shape index (κ2) is 7.08. The standard InChI is InChI=1S/C14H27NO/c1-5-14-12(9-10-16-14)13(15-6-2)8-7-11(3)4/h12-15H,3,5-10H2,1-2,4H3. The second-order valence-corrected chi connectivity index (χ2v) is 4.93. The van der Waals surface area contributed by atoms with E-state index in [1.807, 2.05) is 0 Å². The molecular formula is C14H27NO. The Balaban J connectivity index is 2.50. The fourth-order valence-corrected chi connectivity index (χ4v) is 2.68. The largest absolute Gasteiger partial charge is 0.378 e. The van der Waals surface area contributed by atoms with Gasteiger partial charge in [-0.05, 0) is 39.2 Å². The van der Waals surface area contributed by atoms with Crippen molar-refractivity contribution < 1.29 is 4.74 Å². The van der Waals surface area contributed by atoms with Crippen LogP contribution in [0.5, 0.6) is 0 Å². The first-order valence-electron chi connectivity index (χ1n) is 6.68. The van der Waals surface area contributed by atoms with Crippen LogP contribution in [-0.4, -0.2) is 25.3 Å². The lowest BCUT2D eigenvalue weighted by molar-refractivity contribution is 0.0767. The third-order valence-electron chi connectivity index (χ3n) is 3.53. The molecule has 0 amide bonds. The van der Waals surface area contributed by atoms with Gasteiger partial charge in [-0.3, -0.25) is 0 Å². The van der Waals surface area contributed by atoms with Gasteiger partial charge in [0.05, 0.1) is 6.10 Å². The topological polar surface area (TPSA) is 21.3 Å². The summed E-state index contributed by atoms with van der Waals surface area (Å²) in [6, 6.07) is 0.606. The van der Waals surface area contributed by atoms with Gasteiger partial charge in [-0.15, -0.1) is 6.58 Å². The van der Waals surface area contributed by atoms with Crippen LogP contribution >= 0.6 is 0 Å². The maximum Gasteiger partial charge on any atom is 0.0616 e. The van der Waals surface area contributed by atoms with Gasteiger partial charge in [0.15, 0.2) is 0 Å². The highest BCUT2D eigenvalue weighted by molar-refractivity contribution is 4.92. The fraction of sp³-hybridized carbons (Fsp3) is 0.857. The van der Waals surface area contributed by atoms with Crippen LogP contribution in [0.15, 0.2) is 12.2 Å². The number of nitrogens with one attached hydrogen (secondary N) is 1. The maximum atomic E-state index is 5.79. The number of hydrogen-bond acceptors (Lipinski definition) is 2. The van der Waals surface area contributed by atoms with E-state index in [0.717, 1.165) is 26.0 Å². The molecule has 1 fully saturated rings. The Labute approximate surface area is 100 Å². The molecule has 3 atom stereocenters. The number of rotatable bonds is 7. The van der Waals surface area contributed by atoms with E-state index in [1.54, 1.807) is 0 Å². The lowest BCUT2D eigenvalue weighted by atomic mass is 9.87. The van der Waals surface area contributed by atoms with Gasteiger partial charge >= 0.3 is 0 Å². The third-order valence-corrected chi connectivity index (χ3v) is 3.53. The summed E-state index contributed by atoms with van der Waals surface area (Å²) >= 11 is 0. The minimum atomic E-state index is 0.467. The van der Waals surface area contributed by atoms with Gasteiger partial charge < -0.3 is 10.1 Å². The highest BCUT2D eigenvalue weighted by Crippen LogP contribution is 2.29. The second-order valence-electron chi connectivity index (χ2n) is 4.93. The number of ether oxygens (including phenoxy) is 1. The summed E-state index contributed by atoms with van der Waals surface area (Å²) in [5.74, 6) is 0.698. The summed E-state index contributed by atoms with van der Waals surface area (Å²) in [6.45, 7) is 12.5. The van der Waals surface area contributed by atoms with Gasteiger partial charge in [0, 0.05) is 18.6 Å². The van der Waals surface area contributed by atoms with Crippen LogP contribution in [0.3, 0.4) is 0 Å². The molecule has 16 heavy (non-hydrogen) atoms. The Bertz CT molecular complexity index is 215. The van der Waals surface area contributed by atoms with E-state index >= 15 is 0 Å². The molecule has 1 aliphatic rings. The van der Waals surface area contributed by atoms with Crippen molar-refractivity contribution >= 4 is 0 Å². The van der Waals surface area contributed by atoms with Gasteiger partial charge in [0.2, 0.25) is 0 Å². The zero-order chi connectivity index (χ0) is 12.0. The van der Waals surface area contributed by atoms with Gasteiger partial charge in [-0.2, -0.15) is 0 Å². The highest BCUT2D eigenvalue weighted by Gasteiger charge is 2.32. The van der Waals surface area contributed by atoms with E-state index in [2.05, 4.69) is 32.7 Å². The van der Waals surface area contributed by atoms with Crippen molar-refractivity contribution in [3.05, 3.63) is 12.2 Å². The highest BCUT2D eigenvalue weighted by atomic mass is 16.5. The van der Waals surface area contributed by atoms with Crippen LogP contribution in [0.4, 0.5) is 0 Å². The monoisotopic (exact) mass is 225 g/mol. The first-order chi connectivity index (χ1) is 7.69. The molecule has 1 rings (SSSR count). The SMILES string of the molecule is C=C(C)CCC(NCC)C1CCOC1CC. The minimum absolute atomic E-state index is 0.467. The van der Waals surface area contributed by atoms with Crippen molar-refractivity contribution in [1.82, 2.24) is 5.32 Å².